The van der Waals surface area contributed by atoms with Gasteiger partial charge in [0.2, 0.25) is 11.8 Å². The zero-order valence-electron chi connectivity index (χ0n) is 14.6. The first-order valence-electron chi connectivity index (χ1n) is 8.54. The van der Waals surface area contributed by atoms with Crippen molar-refractivity contribution < 1.29 is 13.6 Å². The Labute approximate surface area is 151 Å². The van der Waals surface area contributed by atoms with E-state index in [9.17, 15) is 9.18 Å². The predicted molar refractivity (Wildman–Crippen MR) is 94.6 cm³/mol. The van der Waals surface area contributed by atoms with Crippen LogP contribution in [0.2, 0.25) is 0 Å². The number of rotatable bonds is 4. The molecule has 25 heavy (non-hydrogen) atoms. The summed E-state index contributed by atoms with van der Waals surface area (Å²) >= 11 is 1.26. The average molecular weight is 363 g/mol. The molecule has 2 heterocycles. The quantitative estimate of drug-likeness (QED) is 0.764. The van der Waals surface area contributed by atoms with E-state index in [0.717, 1.165) is 12.8 Å². The lowest BCUT2D eigenvalue weighted by molar-refractivity contribution is -0.136. The van der Waals surface area contributed by atoms with Gasteiger partial charge < -0.3 is 9.32 Å². The third kappa shape index (κ3) is 4.03. The van der Waals surface area contributed by atoms with Crippen LogP contribution < -0.4 is 0 Å². The molecule has 0 spiro atoms. The number of benzene rings is 1. The topological polar surface area (TPSA) is 59.2 Å². The molecule has 1 saturated heterocycles. The van der Waals surface area contributed by atoms with Gasteiger partial charge in [-0.15, -0.1) is 10.2 Å². The SMILES string of the molecule is C[C@@H]1CCC[C@@H](C)N1C(=O)[C@@H](C)Sc1nnc(-c2ccc(F)cc2)o1. The van der Waals surface area contributed by atoms with Gasteiger partial charge >= 0.3 is 0 Å². The molecule has 1 aromatic heterocycles. The molecule has 1 aromatic carbocycles. The fourth-order valence-corrected chi connectivity index (χ4v) is 3.97. The van der Waals surface area contributed by atoms with E-state index < -0.39 is 0 Å². The van der Waals surface area contributed by atoms with Gasteiger partial charge in [0.1, 0.15) is 5.82 Å². The third-order valence-electron chi connectivity index (χ3n) is 4.57. The second-order valence-corrected chi connectivity index (χ2v) is 7.81. The normalized spacial score (nSPS) is 22.0. The van der Waals surface area contributed by atoms with Gasteiger partial charge in [0.25, 0.3) is 5.22 Å². The molecule has 1 fully saturated rings. The first kappa shape index (κ1) is 17.9. The number of aromatic nitrogens is 2. The minimum atomic E-state index is -0.318. The Hall–Kier alpha value is -1.89. The number of likely N-dealkylation sites (tertiary alicyclic amines) is 1. The second kappa shape index (κ2) is 7.56. The molecular formula is C18H22FN3O2S. The summed E-state index contributed by atoms with van der Waals surface area (Å²) in [6.07, 6.45) is 3.25. The first-order valence-corrected chi connectivity index (χ1v) is 9.42. The van der Waals surface area contributed by atoms with Gasteiger partial charge in [-0.3, -0.25) is 4.79 Å². The van der Waals surface area contributed by atoms with Crippen LogP contribution in [-0.2, 0) is 4.79 Å². The monoisotopic (exact) mass is 363 g/mol. The van der Waals surface area contributed by atoms with Crippen LogP contribution >= 0.6 is 11.8 Å². The van der Waals surface area contributed by atoms with Crippen molar-refractivity contribution >= 4 is 17.7 Å². The van der Waals surface area contributed by atoms with Crippen LogP contribution in [0.25, 0.3) is 11.5 Å². The molecule has 2 aromatic rings. The number of halogens is 1. The van der Waals surface area contributed by atoms with Gasteiger partial charge in [-0.05, 0) is 64.3 Å². The van der Waals surface area contributed by atoms with Crippen LogP contribution in [0.3, 0.4) is 0 Å². The predicted octanol–water partition coefficient (Wildman–Crippen LogP) is 4.15. The van der Waals surface area contributed by atoms with Crippen LogP contribution in [0.5, 0.6) is 0 Å². The first-order chi connectivity index (χ1) is 12.0. The Kier molecular flexibility index (Phi) is 5.42. The molecule has 0 radical (unpaired) electrons. The maximum absolute atomic E-state index is 13.0. The number of carbonyl (C=O) groups is 1. The van der Waals surface area contributed by atoms with Gasteiger partial charge in [-0.2, -0.15) is 0 Å². The van der Waals surface area contributed by atoms with E-state index in [1.807, 2.05) is 11.8 Å². The zero-order chi connectivity index (χ0) is 18.0. The number of hydrogen-bond acceptors (Lipinski definition) is 5. The highest BCUT2D eigenvalue weighted by atomic mass is 32.2. The summed E-state index contributed by atoms with van der Waals surface area (Å²) in [4.78, 5) is 14.8. The molecule has 3 rings (SSSR count). The molecule has 5 nitrogen and oxygen atoms in total. The molecule has 0 unspecified atom stereocenters. The highest BCUT2D eigenvalue weighted by molar-refractivity contribution is 8.00. The van der Waals surface area contributed by atoms with Crippen molar-refractivity contribution in [2.75, 3.05) is 0 Å². The van der Waals surface area contributed by atoms with Crippen LogP contribution in [0.1, 0.15) is 40.0 Å². The Bertz CT molecular complexity index is 724. The number of piperidine rings is 1. The molecule has 0 bridgehead atoms. The molecule has 7 heteroatoms. The molecule has 1 aliphatic heterocycles. The van der Waals surface area contributed by atoms with Crippen molar-refractivity contribution in [2.45, 2.75) is 62.6 Å². The Morgan fingerprint density at radius 3 is 2.52 bits per heavy atom. The lowest BCUT2D eigenvalue weighted by Crippen LogP contribution is -2.50. The molecule has 1 aliphatic rings. The largest absolute Gasteiger partial charge is 0.411 e. The van der Waals surface area contributed by atoms with Gasteiger partial charge in [-0.1, -0.05) is 11.8 Å². The summed E-state index contributed by atoms with van der Waals surface area (Å²) in [6.45, 7) is 6.07. The van der Waals surface area contributed by atoms with E-state index in [1.165, 1.54) is 30.3 Å². The summed E-state index contributed by atoms with van der Waals surface area (Å²) in [5.41, 5.74) is 0.651. The summed E-state index contributed by atoms with van der Waals surface area (Å²) in [5.74, 6) is 0.106. The maximum Gasteiger partial charge on any atom is 0.277 e. The van der Waals surface area contributed by atoms with Crippen molar-refractivity contribution in [1.82, 2.24) is 15.1 Å². The van der Waals surface area contributed by atoms with Crippen molar-refractivity contribution in [3.8, 4) is 11.5 Å². The minimum absolute atomic E-state index is 0.103. The Balaban J connectivity index is 1.67. The number of thioether (sulfide) groups is 1. The molecule has 0 N–H and O–H groups in total. The number of amides is 1. The van der Waals surface area contributed by atoms with E-state index in [-0.39, 0.29) is 29.1 Å². The Morgan fingerprint density at radius 1 is 1.24 bits per heavy atom. The van der Waals surface area contributed by atoms with E-state index in [2.05, 4.69) is 24.0 Å². The van der Waals surface area contributed by atoms with Crippen molar-refractivity contribution in [1.29, 1.82) is 0 Å². The fourth-order valence-electron chi connectivity index (χ4n) is 3.23. The molecule has 3 atom stereocenters. The summed E-state index contributed by atoms with van der Waals surface area (Å²) in [6, 6.07) is 6.38. The molecule has 1 amide bonds. The molecule has 134 valence electrons. The van der Waals surface area contributed by atoms with Crippen LogP contribution in [0.15, 0.2) is 33.9 Å². The van der Waals surface area contributed by atoms with Gasteiger partial charge in [0, 0.05) is 17.6 Å². The Morgan fingerprint density at radius 2 is 1.88 bits per heavy atom. The van der Waals surface area contributed by atoms with Gasteiger partial charge in [0.15, 0.2) is 0 Å². The number of carbonyl (C=O) groups excluding carboxylic acids is 1. The van der Waals surface area contributed by atoms with Crippen molar-refractivity contribution in [3.05, 3.63) is 30.1 Å². The number of nitrogens with zero attached hydrogens (tertiary/aromatic N) is 3. The fraction of sp³-hybridized carbons (Fsp3) is 0.500. The standard InChI is InChI=1S/C18H22FN3O2S/c1-11-5-4-6-12(2)22(11)17(23)13(3)25-18-21-20-16(24-18)14-7-9-15(19)10-8-14/h7-13H,4-6H2,1-3H3/t11-,12-,13-/m1/s1. The van der Waals surface area contributed by atoms with Gasteiger partial charge in [0.05, 0.1) is 5.25 Å². The molecular weight excluding hydrogens is 341 g/mol. The van der Waals surface area contributed by atoms with Gasteiger partial charge in [-0.25, -0.2) is 4.39 Å². The van der Waals surface area contributed by atoms with Crippen LogP contribution in [0, 0.1) is 5.82 Å². The summed E-state index contributed by atoms with van der Waals surface area (Å²) in [5, 5.41) is 8.03. The minimum Gasteiger partial charge on any atom is -0.411 e. The van der Waals surface area contributed by atoms with E-state index in [0.29, 0.717) is 16.7 Å². The summed E-state index contributed by atoms with van der Waals surface area (Å²) < 4.78 is 18.6. The maximum atomic E-state index is 13.0. The van der Waals surface area contributed by atoms with E-state index in [1.54, 1.807) is 12.1 Å². The van der Waals surface area contributed by atoms with E-state index >= 15 is 0 Å². The molecule has 0 saturated carbocycles. The third-order valence-corrected chi connectivity index (χ3v) is 5.49. The smallest absolute Gasteiger partial charge is 0.277 e. The van der Waals surface area contributed by atoms with Crippen LogP contribution in [0.4, 0.5) is 4.39 Å². The van der Waals surface area contributed by atoms with Crippen molar-refractivity contribution in [2.24, 2.45) is 0 Å². The molecule has 0 aliphatic carbocycles. The highest BCUT2D eigenvalue weighted by Gasteiger charge is 2.32. The lowest BCUT2D eigenvalue weighted by atomic mass is 9.97. The van der Waals surface area contributed by atoms with Crippen molar-refractivity contribution in [3.63, 3.8) is 0 Å². The lowest BCUT2D eigenvalue weighted by Gasteiger charge is -2.40. The zero-order valence-corrected chi connectivity index (χ0v) is 15.4. The average Bonchev–Trinajstić information content (AvgIpc) is 3.03. The highest BCUT2D eigenvalue weighted by Crippen LogP contribution is 2.30. The number of hydrogen-bond donors (Lipinski definition) is 0. The van der Waals surface area contributed by atoms with Crippen LogP contribution in [-0.4, -0.2) is 38.3 Å². The van der Waals surface area contributed by atoms with E-state index in [4.69, 9.17) is 4.42 Å². The summed E-state index contributed by atoms with van der Waals surface area (Å²) in [7, 11) is 0. The second-order valence-electron chi connectivity index (χ2n) is 6.51.